The molecular formula is C15H14ClFN2O. The van der Waals surface area contributed by atoms with Gasteiger partial charge in [0.05, 0.1) is 0 Å². The molecule has 2 aromatic rings. The molecule has 3 nitrogen and oxygen atoms in total. The standard InChI is InChI=1S/C15H13FN2O.ClH/c16-11-5-3-6-12(9-11)17-15(19)14-8-10-4-1-2-7-13(10)18-14;/h1-7,9,14,18H,8H2,(H,17,19);1H/t14-;/m0./s1. The lowest BCUT2D eigenvalue weighted by atomic mass is 10.1. The summed E-state index contributed by atoms with van der Waals surface area (Å²) in [6, 6.07) is 13.4. The third kappa shape index (κ3) is 2.91. The lowest BCUT2D eigenvalue weighted by Crippen LogP contribution is -2.32. The van der Waals surface area contributed by atoms with Crippen LogP contribution in [0.15, 0.2) is 48.5 Å². The third-order valence-electron chi connectivity index (χ3n) is 3.18. The van der Waals surface area contributed by atoms with Gasteiger partial charge in [0.15, 0.2) is 0 Å². The fraction of sp³-hybridized carbons (Fsp3) is 0.133. The number of nitrogens with one attached hydrogen (secondary N) is 2. The van der Waals surface area contributed by atoms with E-state index >= 15 is 0 Å². The van der Waals surface area contributed by atoms with E-state index in [9.17, 15) is 9.18 Å². The van der Waals surface area contributed by atoms with Gasteiger partial charge in [-0.05, 0) is 29.8 Å². The Morgan fingerprint density at radius 3 is 2.75 bits per heavy atom. The van der Waals surface area contributed by atoms with Crippen LogP contribution in [-0.4, -0.2) is 11.9 Å². The second-order valence-electron chi connectivity index (χ2n) is 4.56. The van der Waals surface area contributed by atoms with Gasteiger partial charge >= 0.3 is 0 Å². The van der Waals surface area contributed by atoms with E-state index < -0.39 is 0 Å². The van der Waals surface area contributed by atoms with Crippen molar-refractivity contribution in [1.29, 1.82) is 0 Å². The fourth-order valence-corrected chi connectivity index (χ4v) is 2.25. The molecule has 1 atom stereocenters. The van der Waals surface area contributed by atoms with Gasteiger partial charge in [-0.15, -0.1) is 12.4 Å². The first-order chi connectivity index (χ1) is 9.22. The summed E-state index contributed by atoms with van der Waals surface area (Å²) in [4.78, 5) is 12.1. The molecule has 0 spiro atoms. The van der Waals surface area contributed by atoms with Gasteiger partial charge in [-0.2, -0.15) is 0 Å². The van der Waals surface area contributed by atoms with Crippen LogP contribution in [0.3, 0.4) is 0 Å². The van der Waals surface area contributed by atoms with Crippen LogP contribution in [0.2, 0.25) is 0 Å². The van der Waals surface area contributed by atoms with Crippen LogP contribution in [0.5, 0.6) is 0 Å². The van der Waals surface area contributed by atoms with Crippen molar-refractivity contribution in [2.75, 3.05) is 10.6 Å². The van der Waals surface area contributed by atoms with Crippen LogP contribution in [0.1, 0.15) is 5.56 Å². The Morgan fingerprint density at radius 1 is 1.20 bits per heavy atom. The normalized spacial score (nSPS) is 15.8. The molecule has 0 saturated heterocycles. The van der Waals surface area contributed by atoms with E-state index in [0.29, 0.717) is 12.1 Å². The van der Waals surface area contributed by atoms with Gasteiger partial charge < -0.3 is 10.6 Å². The Hall–Kier alpha value is -2.07. The predicted octanol–water partition coefficient (Wildman–Crippen LogP) is 3.22. The molecule has 5 heteroatoms. The average Bonchev–Trinajstić information content (AvgIpc) is 2.82. The Labute approximate surface area is 122 Å². The van der Waals surface area contributed by atoms with Crippen molar-refractivity contribution in [3.63, 3.8) is 0 Å². The molecule has 0 unspecified atom stereocenters. The van der Waals surface area contributed by atoms with Crippen molar-refractivity contribution in [2.45, 2.75) is 12.5 Å². The van der Waals surface area contributed by atoms with Crippen molar-refractivity contribution < 1.29 is 9.18 Å². The summed E-state index contributed by atoms with van der Waals surface area (Å²) in [5.41, 5.74) is 2.59. The first-order valence-electron chi connectivity index (χ1n) is 6.13. The molecule has 2 N–H and O–H groups in total. The van der Waals surface area contributed by atoms with Crippen LogP contribution in [-0.2, 0) is 11.2 Å². The number of anilines is 2. The molecule has 104 valence electrons. The Bertz CT molecular complexity index is 608. The summed E-state index contributed by atoms with van der Waals surface area (Å²) in [5.74, 6) is -0.512. The number of hydrogen-bond donors (Lipinski definition) is 2. The average molecular weight is 293 g/mol. The van der Waals surface area contributed by atoms with Crippen molar-refractivity contribution in [2.24, 2.45) is 0 Å². The van der Waals surface area contributed by atoms with Gasteiger partial charge in [-0.1, -0.05) is 24.3 Å². The van der Waals surface area contributed by atoms with Gasteiger partial charge in [-0.25, -0.2) is 4.39 Å². The van der Waals surface area contributed by atoms with Crippen LogP contribution in [0.4, 0.5) is 15.8 Å². The monoisotopic (exact) mass is 292 g/mol. The third-order valence-corrected chi connectivity index (χ3v) is 3.18. The lowest BCUT2D eigenvalue weighted by Gasteiger charge is -2.11. The Kier molecular flexibility index (Phi) is 4.25. The minimum Gasteiger partial charge on any atom is -0.373 e. The maximum atomic E-state index is 13.0. The first kappa shape index (κ1) is 14.3. The highest BCUT2D eigenvalue weighted by Crippen LogP contribution is 2.25. The smallest absolute Gasteiger partial charge is 0.247 e. The molecule has 1 aliphatic heterocycles. The van der Waals surface area contributed by atoms with Crippen LogP contribution < -0.4 is 10.6 Å². The van der Waals surface area contributed by atoms with Crippen molar-refractivity contribution in [3.8, 4) is 0 Å². The van der Waals surface area contributed by atoms with Crippen LogP contribution in [0, 0.1) is 5.82 Å². The molecule has 0 fully saturated rings. The van der Waals surface area contributed by atoms with Crippen molar-refractivity contribution in [1.82, 2.24) is 0 Å². The largest absolute Gasteiger partial charge is 0.373 e. The van der Waals surface area contributed by atoms with Gasteiger partial charge in [0.25, 0.3) is 0 Å². The Morgan fingerprint density at radius 2 is 2.00 bits per heavy atom. The number of hydrogen-bond acceptors (Lipinski definition) is 2. The van der Waals surface area contributed by atoms with Crippen LogP contribution in [0.25, 0.3) is 0 Å². The SMILES string of the molecule is Cl.O=C(Nc1cccc(F)c1)[C@@H]1Cc2ccccc2N1. The zero-order valence-electron chi connectivity index (χ0n) is 10.6. The highest BCUT2D eigenvalue weighted by atomic mass is 35.5. The number of amides is 1. The molecule has 0 bridgehead atoms. The topological polar surface area (TPSA) is 41.1 Å². The fourth-order valence-electron chi connectivity index (χ4n) is 2.25. The minimum atomic E-state index is -0.361. The molecule has 3 rings (SSSR count). The highest BCUT2D eigenvalue weighted by molar-refractivity contribution is 5.98. The molecule has 1 aliphatic rings. The number of rotatable bonds is 2. The van der Waals surface area contributed by atoms with E-state index in [-0.39, 0.29) is 30.2 Å². The highest BCUT2D eigenvalue weighted by Gasteiger charge is 2.26. The second-order valence-corrected chi connectivity index (χ2v) is 4.56. The predicted molar refractivity (Wildman–Crippen MR) is 79.8 cm³/mol. The summed E-state index contributed by atoms with van der Waals surface area (Å²) in [7, 11) is 0. The number of carbonyl (C=O) groups excluding carboxylic acids is 1. The van der Waals surface area contributed by atoms with Gasteiger partial charge in [-0.3, -0.25) is 4.79 Å². The molecule has 2 aromatic carbocycles. The molecule has 0 aromatic heterocycles. The summed E-state index contributed by atoms with van der Waals surface area (Å²) < 4.78 is 13.0. The van der Waals surface area contributed by atoms with E-state index in [1.807, 2.05) is 24.3 Å². The van der Waals surface area contributed by atoms with E-state index in [4.69, 9.17) is 0 Å². The number of benzene rings is 2. The number of halogens is 2. The molecule has 0 saturated carbocycles. The second kappa shape index (κ2) is 5.92. The number of fused-ring (bicyclic) bond motifs is 1. The van der Waals surface area contributed by atoms with Crippen LogP contribution >= 0.6 is 12.4 Å². The minimum absolute atomic E-state index is 0. The maximum Gasteiger partial charge on any atom is 0.247 e. The molecule has 1 heterocycles. The summed E-state index contributed by atoms with van der Waals surface area (Å²) in [5, 5.41) is 5.88. The zero-order valence-corrected chi connectivity index (χ0v) is 11.4. The summed E-state index contributed by atoms with van der Waals surface area (Å²) in [6.45, 7) is 0. The lowest BCUT2D eigenvalue weighted by molar-refractivity contribution is -0.116. The molecular weight excluding hydrogens is 279 g/mol. The molecule has 0 aliphatic carbocycles. The van der Waals surface area contributed by atoms with E-state index in [0.717, 1.165) is 11.3 Å². The van der Waals surface area contributed by atoms with Crippen molar-refractivity contribution >= 4 is 29.7 Å². The summed E-state index contributed by atoms with van der Waals surface area (Å²) in [6.07, 6.45) is 0.650. The molecule has 1 amide bonds. The van der Waals surface area contributed by atoms with Crippen molar-refractivity contribution in [3.05, 3.63) is 59.9 Å². The first-order valence-corrected chi connectivity index (χ1v) is 6.13. The molecule has 20 heavy (non-hydrogen) atoms. The Balaban J connectivity index is 0.00000147. The number of para-hydroxylation sites is 1. The van der Waals surface area contributed by atoms with Gasteiger partial charge in [0, 0.05) is 17.8 Å². The van der Waals surface area contributed by atoms with Gasteiger partial charge in [0.1, 0.15) is 11.9 Å². The maximum absolute atomic E-state index is 13.0. The van der Waals surface area contributed by atoms with E-state index in [1.165, 1.54) is 12.1 Å². The van der Waals surface area contributed by atoms with Gasteiger partial charge in [0.2, 0.25) is 5.91 Å². The zero-order chi connectivity index (χ0) is 13.2. The van der Waals surface area contributed by atoms with E-state index in [1.54, 1.807) is 12.1 Å². The quantitative estimate of drug-likeness (QED) is 0.892. The number of carbonyl (C=O) groups is 1. The summed E-state index contributed by atoms with van der Waals surface area (Å²) >= 11 is 0. The molecule has 0 radical (unpaired) electrons. The van der Waals surface area contributed by atoms with E-state index in [2.05, 4.69) is 10.6 Å².